The van der Waals surface area contributed by atoms with Crippen molar-refractivity contribution < 1.29 is 19.0 Å². The summed E-state index contributed by atoms with van der Waals surface area (Å²) in [7, 11) is 2.80. The van der Waals surface area contributed by atoms with Crippen LogP contribution in [0.15, 0.2) is 52.0 Å². The Bertz CT molecular complexity index is 1100. The number of esters is 1. The maximum Gasteiger partial charge on any atom is 0.343 e. The normalized spacial score (nSPS) is 10.9. The molecule has 3 rings (SSSR count). The fourth-order valence-electron chi connectivity index (χ4n) is 2.41. The lowest BCUT2D eigenvalue weighted by molar-refractivity contribution is -0.142. The van der Waals surface area contributed by atoms with Gasteiger partial charge in [-0.05, 0) is 40.3 Å². The van der Waals surface area contributed by atoms with Crippen LogP contribution in [-0.4, -0.2) is 47.9 Å². The Morgan fingerprint density at radius 3 is 2.72 bits per heavy atom. The monoisotopic (exact) mass is 476 g/mol. The molecule has 0 bridgehead atoms. The van der Waals surface area contributed by atoms with Gasteiger partial charge in [0.05, 0.1) is 20.4 Å². The highest BCUT2D eigenvalue weighted by Crippen LogP contribution is 2.33. The minimum absolute atomic E-state index is 0.225. The zero-order valence-corrected chi connectivity index (χ0v) is 18.0. The van der Waals surface area contributed by atoms with Crippen LogP contribution in [0.2, 0.25) is 0 Å². The summed E-state index contributed by atoms with van der Waals surface area (Å²) in [4.78, 5) is 11.3. The average Bonchev–Trinajstić information content (AvgIpc) is 3.12. The Labute approximate surface area is 180 Å². The van der Waals surface area contributed by atoms with Gasteiger partial charge in [-0.25, -0.2) is 9.89 Å². The number of benzene rings is 2. The molecule has 1 aromatic heterocycles. The zero-order chi connectivity index (χ0) is 20.8. The Hall–Kier alpha value is -2.98. The fourth-order valence-corrected chi connectivity index (χ4v) is 3.01. The van der Waals surface area contributed by atoms with Gasteiger partial charge in [0.15, 0.2) is 23.9 Å². The number of hydrogen-bond acceptors (Lipinski definition) is 7. The molecule has 1 N–H and O–H groups in total. The molecule has 0 spiro atoms. The average molecular weight is 477 g/mol. The maximum absolute atomic E-state index is 11.3. The highest BCUT2D eigenvalue weighted by Gasteiger charge is 2.12. The summed E-state index contributed by atoms with van der Waals surface area (Å²) >= 11 is 8.77. The number of aromatic amines is 1. The summed E-state index contributed by atoms with van der Waals surface area (Å²) in [5.74, 6) is 0.939. The third-order valence-electron chi connectivity index (χ3n) is 3.85. The molecule has 1 heterocycles. The fraction of sp³-hybridized carbons (Fsp3) is 0.158. The quantitative estimate of drug-likeness (QED) is 0.316. The van der Waals surface area contributed by atoms with E-state index in [9.17, 15) is 4.79 Å². The van der Waals surface area contributed by atoms with Crippen LogP contribution in [-0.2, 0) is 9.53 Å². The zero-order valence-electron chi connectivity index (χ0n) is 15.6. The predicted octanol–water partition coefficient (Wildman–Crippen LogP) is 3.81. The minimum Gasteiger partial charge on any atom is -0.493 e. The predicted molar refractivity (Wildman–Crippen MR) is 114 cm³/mol. The topological polar surface area (TPSA) is 90.7 Å². The maximum atomic E-state index is 11.3. The molecule has 0 saturated carbocycles. The van der Waals surface area contributed by atoms with E-state index in [1.807, 2.05) is 30.3 Å². The number of nitrogens with one attached hydrogen (secondary N) is 1. The van der Waals surface area contributed by atoms with Crippen LogP contribution in [0.1, 0.15) is 5.56 Å². The smallest absolute Gasteiger partial charge is 0.343 e. The van der Waals surface area contributed by atoms with Crippen molar-refractivity contribution >= 4 is 40.3 Å². The van der Waals surface area contributed by atoms with Crippen molar-refractivity contribution in [2.45, 2.75) is 0 Å². The molecule has 3 aromatic rings. The van der Waals surface area contributed by atoms with E-state index in [1.165, 1.54) is 18.9 Å². The number of rotatable bonds is 7. The molecule has 29 heavy (non-hydrogen) atoms. The second-order valence-corrected chi connectivity index (χ2v) is 6.91. The molecule has 8 nitrogen and oxygen atoms in total. The molecule has 0 aliphatic heterocycles. The van der Waals surface area contributed by atoms with E-state index >= 15 is 0 Å². The van der Waals surface area contributed by atoms with Crippen molar-refractivity contribution in [1.29, 1.82) is 0 Å². The number of halogens is 1. The van der Waals surface area contributed by atoms with Crippen molar-refractivity contribution in [1.82, 2.24) is 14.9 Å². The van der Waals surface area contributed by atoms with Gasteiger partial charge >= 0.3 is 5.97 Å². The minimum atomic E-state index is -0.489. The molecule has 10 heteroatoms. The van der Waals surface area contributed by atoms with Gasteiger partial charge in [-0.3, -0.25) is 0 Å². The summed E-state index contributed by atoms with van der Waals surface area (Å²) in [6.07, 6.45) is 1.62. The van der Waals surface area contributed by atoms with Gasteiger partial charge in [0.1, 0.15) is 0 Å². The lowest BCUT2D eigenvalue weighted by atomic mass is 10.2. The van der Waals surface area contributed by atoms with Crippen LogP contribution in [0.4, 0.5) is 0 Å². The van der Waals surface area contributed by atoms with Gasteiger partial charge < -0.3 is 14.2 Å². The molecule has 2 aromatic carbocycles. The highest BCUT2D eigenvalue weighted by atomic mass is 79.9. The van der Waals surface area contributed by atoms with Gasteiger partial charge in [0.25, 0.3) is 0 Å². The molecule has 0 fully saturated rings. The van der Waals surface area contributed by atoms with Crippen molar-refractivity contribution in [2.75, 3.05) is 20.8 Å². The second-order valence-electron chi connectivity index (χ2n) is 5.66. The molecular weight excluding hydrogens is 460 g/mol. The summed E-state index contributed by atoms with van der Waals surface area (Å²) in [6.45, 7) is -0.225. The van der Waals surface area contributed by atoms with Crippen LogP contribution >= 0.6 is 28.1 Å². The van der Waals surface area contributed by atoms with Gasteiger partial charge in [-0.15, -0.1) is 0 Å². The Morgan fingerprint density at radius 2 is 2.03 bits per heavy atom. The first-order valence-corrected chi connectivity index (χ1v) is 9.58. The first-order valence-electron chi connectivity index (χ1n) is 8.38. The standard InChI is InChI=1S/C19H17BrN4O4S/c1-26-15-8-13(14(20)9-16(15)28-11-17(25)27-2)10-21-24-18(22-23-19(24)29)12-6-4-3-5-7-12/h3-10H,11H2,1-2H3,(H,23,29)/b21-10-. The Morgan fingerprint density at radius 1 is 1.28 bits per heavy atom. The van der Waals surface area contributed by atoms with Crippen molar-refractivity contribution in [3.8, 4) is 22.9 Å². The van der Waals surface area contributed by atoms with Gasteiger partial charge in [0, 0.05) is 15.6 Å². The van der Waals surface area contributed by atoms with Crippen LogP contribution < -0.4 is 9.47 Å². The molecule has 0 aliphatic carbocycles. The van der Waals surface area contributed by atoms with E-state index in [2.05, 4.69) is 36.0 Å². The van der Waals surface area contributed by atoms with E-state index in [1.54, 1.807) is 18.3 Å². The first-order chi connectivity index (χ1) is 14.0. The van der Waals surface area contributed by atoms with Crippen LogP contribution in [0.25, 0.3) is 11.4 Å². The van der Waals surface area contributed by atoms with Crippen LogP contribution in [0.5, 0.6) is 11.5 Å². The molecular formula is C19H17BrN4O4S. The van der Waals surface area contributed by atoms with E-state index < -0.39 is 5.97 Å². The molecule has 0 unspecified atom stereocenters. The van der Waals surface area contributed by atoms with E-state index in [0.29, 0.717) is 26.6 Å². The third-order valence-corrected chi connectivity index (χ3v) is 4.80. The number of carbonyl (C=O) groups excluding carboxylic acids is 1. The summed E-state index contributed by atoms with van der Waals surface area (Å²) in [5.41, 5.74) is 1.59. The number of nitrogens with zero attached hydrogens (tertiary/aromatic N) is 3. The number of hydrogen-bond donors (Lipinski definition) is 1. The molecule has 0 radical (unpaired) electrons. The Kier molecular flexibility index (Phi) is 6.78. The molecule has 0 amide bonds. The largest absolute Gasteiger partial charge is 0.493 e. The molecule has 150 valence electrons. The summed E-state index contributed by atoms with van der Waals surface area (Å²) < 4.78 is 18.0. The molecule has 0 aliphatic rings. The summed E-state index contributed by atoms with van der Waals surface area (Å²) in [6, 6.07) is 13.0. The van der Waals surface area contributed by atoms with E-state index in [4.69, 9.17) is 21.7 Å². The van der Waals surface area contributed by atoms with Crippen LogP contribution in [0, 0.1) is 4.77 Å². The number of methoxy groups -OCH3 is 2. The summed E-state index contributed by atoms with van der Waals surface area (Å²) in [5, 5.41) is 11.5. The van der Waals surface area contributed by atoms with Crippen molar-refractivity contribution in [3.05, 3.63) is 57.3 Å². The van der Waals surface area contributed by atoms with Crippen molar-refractivity contribution in [3.63, 3.8) is 0 Å². The van der Waals surface area contributed by atoms with Gasteiger partial charge in [0.2, 0.25) is 4.77 Å². The first kappa shape index (κ1) is 20.7. The van der Waals surface area contributed by atoms with Gasteiger partial charge in [-0.1, -0.05) is 30.3 Å². The lowest BCUT2D eigenvalue weighted by Gasteiger charge is -2.12. The van der Waals surface area contributed by atoms with E-state index in [-0.39, 0.29) is 6.61 Å². The van der Waals surface area contributed by atoms with E-state index in [0.717, 1.165) is 11.1 Å². The SMILES string of the molecule is COC(=O)COc1cc(Br)c(/C=N\n2c(-c3ccccc3)n[nH]c2=S)cc1OC. The molecule has 0 atom stereocenters. The number of H-pyrrole nitrogens is 1. The Balaban J connectivity index is 1.91. The van der Waals surface area contributed by atoms with Crippen LogP contribution in [0.3, 0.4) is 0 Å². The van der Waals surface area contributed by atoms with Gasteiger partial charge in [-0.2, -0.15) is 14.9 Å². The highest BCUT2D eigenvalue weighted by molar-refractivity contribution is 9.10. The second kappa shape index (κ2) is 9.48. The number of carbonyl (C=O) groups is 1. The van der Waals surface area contributed by atoms with Crippen molar-refractivity contribution in [2.24, 2.45) is 5.10 Å². The third kappa shape index (κ3) is 4.90. The molecule has 0 saturated heterocycles. The number of ether oxygens (including phenoxy) is 3. The number of aromatic nitrogens is 3. The lowest BCUT2D eigenvalue weighted by Crippen LogP contribution is -2.13.